The van der Waals surface area contributed by atoms with Gasteiger partial charge in [0.25, 0.3) is 0 Å². The van der Waals surface area contributed by atoms with Crippen LogP contribution in [0.1, 0.15) is 11.1 Å². The third kappa shape index (κ3) is 4.20. The number of para-hydroxylation sites is 1. The number of amides is 2. The van der Waals surface area contributed by atoms with Crippen molar-refractivity contribution in [1.82, 2.24) is 10.3 Å². The van der Waals surface area contributed by atoms with Crippen molar-refractivity contribution in [2.24, 2.45) is 0 Å². The lowest BCUT2D eigenvalue weighted by atomic mass is 10.2. The second-order valence-electron chi connectivity index (χ2n) is 5.43. The number of rotatable bonds is 5. The van der Waals surface area contributed by atoms with Crippen molar-refractivity contribution in [3.05, 3.63) is 96.3 Å². The third-order valence-electron chi connectivity index (χ3n) is 3.66. The molecule has 0 aliphatic heterocycles. The second-order valence-corrected chi connectivity index (χ2v) is 5.43. The number of urea groups is 1. The minimum atomic E-state index is -0.131. The van der Waals surface area contributed by atoms with Crippen molar-refractivity contribution in [3.63, 3.8) is 0 Å². The summed E-state index contributed by atoms with van der Waals surface area (Å²) < 4.78 is 0. The molecule has 0 fully saturated rings. The molecule has 1 heterocycles. The van der Waals surface area contributed by atoms with E-state index in [1.165, 1.54) is 0 Å². The van der Waals surface area contributed by atoms with Crippen molar-refractivity contribution >= 4 is 11.7 Å². The molecule has 3 rings (SSSR count). The number of carbonyl (C=O) groups is 1. The summed E-state index contributed by atoms with van der Waals surface area (Å²) in [6.07, 6.45) is 3.51. The van der Waals surface area contributed by atoms with E-state index in [1.807, 2.05) is 72.8 Å². The average molecular weight is 317 g/mol. The van der Waals surface area contributed by atoms with Crippen molar-refractivity contribution in [3.8, 4) is 0 Å². The van der Waals surface area contributed by atoms with Crippen LogP contribution in [0.4, 0.5) is 10.5 Å². The molecule has 0 radical (unpaired) electrons. The molecule has 0 aliphatic rings. The summed E-state index contributed by atoms with van der Waals surface area (Å²) in [4.78, 5) is 18.6. The van der Waals surface area contributed by atoms with Gasteiger partial charge in [-0.15, -0.1) is 0 Å². The monoisotopic (exact) mass is 317 g/mol. The minimum Gasteiger partial charge on any atom is -0.334 e. The highest BCUT2D eigenvalue weighted by atomic mass is 16.2. The molecule has 1 N–H and O–H groups in total. The number of benzene rings is 2. The zero-order valence-corrected chi connectivity index (χ0v) is 13.3. The van der Waals surface area contributed by atoms with Crippen molar-refractivity contribution in [2.75, 3.05) is 4.90 Å². The Morgan fingerprint density at radius 2 is 1.54 bits per heavy atom. The first-order valence-corrected chi connectivity index (χ1v) is 7.86. The van der Waals surface area contributed by atoms with Crippen LogP contribution >= 0.6 is 0 Å². The Kier molecular flexibility index (Phi) is 5.20. The van der Waals surface area contributed by atoms with Crippen LogP contribution in [-0.4, -0.2) is 11.0 Å². The van der Waals surface area contributed by atoms with E-state index in [1.54, 1.807) is 17.3 Å². The first-order chi connectivity index (χ1) is 11.8. The molecule has 0 bridgehead atoms. The fourth-order valence-electron chi connectivity index (χ4n) is 2.43. The van der Waals surface area contributed by atoms with Crippen LogP contribution < -0.4 is 10.2 Å². The van der Waals surface area contributed by atoms with Crippen molar-refractivity contribution in [1.29, 1.82) is 0 Å². The van der Waals surface area contributed by atoms with Crippen molar-refractivity contribution in [2.45, 2.75) is 13.1 Å². The molecule has 0 aliphatic carbocycles. The van der Waals surface area contributed by atoms with Gasteiger partial charge >= 0.3 is 6.03 Å². The second kappa shape index (κ2) is 7.92. The predicted octanol–water partition coefficient (Wildman–Crippen LogP) is 4.00. The molecule has 2 aromatic carbocycles. The van der Waals surface area contributed by atoms with Crippen LogP contribution in [0.2, 0.25) is 0 Å². The van der Waals surface area contributed by atoms with Gasteiger partial charge in [-0.2, -0.15) is 0 Å². The summed E-state index contributed by atoms with van der Waals surface area (Å²) in [5, 5.41) is 2.98. The number of anilines is 1. The van der Waals surface area contributed by atoms with Crippen LogP contribution in [0, 0.1) is 0 Å². The summed E-state index contributed by atoms with van der Waals surface area (Å²) >= 11 is 0. The van der Waals surface area contributed by atoms with E-state index < -0.39 is 0 Å². The number of aromatic nitrogens is 1. The zero-order chi connectivity index (χ0) is 16.6. The minimum absolute atomic E-state index is 0.131. The average Bonchev–Trinajstić information content (AvgIpc) is 2.66. The van der Waals surface area contributed by atoms with Crippen LogP contribution in [-0.2, 0) is 13.1 Å². The van der Waals surface area contributed by atoms with Crippen LogP contribution in [0.25, 0.3) is 0 Å². The highest BCUT2D eigenvalue weighted by Crippen LogP contribution is 2.17. The maximum Gasteiger partial charge on any atom is 0.322 e. The fourth-order valence-corrected chi connectivity index (χ4v) is 2.43. The molecule has 1 aromatic heterocycles. The van der Waals surface area contributed by atoms with E-state index in [0.717, 1.165) is 16.8 Å². The van der Waals surface area contributed by atoms with Gasteiger partial charge in [0.2, 0.25) is 0 Å². The number of nitrogens with zero attached hydrogens (tertiary/aromatic N) is 2. The quantitative estimate of drug-likeness (QED) is 0.773. The normalized spacial score (nSPS) is 10.2. The predicted molar refractivity (Wildman–Crippen MR) is 95.5 cm³/mol. The number of nitrogens with one attached hydrogen (secondary N) is 1. The lowest BCUT2D eigenvalue weighted by molar-refractivity contribution is 0.245. The number of hydrogen-bond acceptors (Lipinski definition) is 2. The van der Waals surface area contributed by atoms with Gasteiger partial charge in [-0.25, -0.2) is 4.79 Å². The molecular weight excluding hydrogens is 298 g/mol. The number of pyridine rings is 1. The van der Waals surface area contributed by atoms with Gasteiger partial charge in [0.1, 0.15) is 0 Å². The molecule has 0 spiro atoms. The Morgan fingerprint density at radius 3 is 2.21 bits per heavy atom. The van der Waals surface area contributed by atoms with Gasteiger partial charge in [0.15, 0.2) is 0 Å². The molecule has 4 nitrogen and oxygen atoms in total. The zero-order valence-electron chi connectivity index (χ0n) is 13.3. The highest BCUT2D eigenvalue weighted by molar-refractivity contribution is 5.91. The van der Waals surface area contributed by atoms with E-state index >= 15 is 0 Å². The Labute approximate surface area is 141 Å². The summed E-state index contributed by atoms with van der Waals surface area (Å²) in [7, 11) is 0. The highest BCUT2D eigenvalue weighted by Gasteiger charge is 2.15. The van der Waals surface area contributed by atoms with E-state index in [4.69, 9.17) is 0 Å². The topological polar surface area (TPSA) is 45.2 Å². The van der Waals surface area contributed by atoms with Crippen molar-refractivity contribution < 1.29 is 4.79 Å². The summed E-state index contributed by atoms with van der Waals surface area (Å²) in [5.74, 6) is 0. The molecule has 0 unspecified atom stereocenters. The lowest BCUT2D eigenvalue weighted by Gasteiger charge is -2.23. The Bertz CT molecular complexity index is 761. The maximum atomic E-state index is 12.7. The molecule has 0 saturated carbocycles. The SMILES string of the molecule is O=C(NCc1ccccc1)N(Cc1cccnc1)c1ccccc1. The van der Waals surface area contributed by atoms with Gasteiger partial charge in [0, 0.05) is 24.6 Å². The Morgan fingerprint density at radius 1 is 0.875 bits per heavy atom. The molecule has 120 valence electrons. The fraction of sp³-hybridized carbons (Fsp3) is 0.100. The third-order valence-corrected chi connectivity index (χ3v) is 3.66. The Balaban J connectivity index is 1.75. The lowest BCUT2D eigenvalue weighted by Crippen LogP contribution is -2.39. The van der Waals surface area contributed by atoms with E-state index in [9.17, 15) is 4.79 Å². The standard InChI is InChI=1S/C20H19N3O/c24-20(22-15-17-8-3-1-4-9-17)23(19-11-5-2-6-12-19)16-18-10-7-13-21-14-18/h1-14H,15-16H2,(H,22,24). The molecule has 0 atom stereocenters. The molecule has 2 amide bonds. The largest absolute Gasteiger partial charge is 0.334 e. The van der Waals surface area contributed by atoms with Gasteiger partial charge in [-0.05, 0) is 29.3 Å². The summed E-state index contributed by atoms with van der Waals surface area (Å²) in [6.45, 7) is 0.967. The molecule has 3 aromatic rings. The first-order valence-electron chi connectivity index (χ1n) is 7.86. The van der Waals surface area contributed by atoms with E-state index in [2.05, 4.69) is 10.3 Å². The smallest absolute Gasteiger partial charge is 0.322 e. The maximum absolute atomic E-state index is 12.7. The summed E-state index contributed by atoms with van der Waals surface area (Å²) in [5.41, 5.74) is 2.91. The van der Waals surface area contributed by atoms with Gasteiger partial charge in [-0.3, -0.25) is 9.88 Å². The molecule has 24 heavy (non-hydrogen) atoms. The molecular formula is C20H19N3O. The van der Waals surface area contributed by atoms with Gasteiger partial charge < -0.3 is 5.32 Å². The first kappa shape index (κ1) is 15.7. The Hall–Kier alpha value is -3.14. The molecule has 0 saturated heterocycles. The van der Waals surface area contributed by atoms with E-state index in [-0.39, 0.29) is 6.03 Å². The van der Waals surface area contributed by atoms with Crippen LogP contribution in [0.15, 0.2) is 85.2 Å². The number of carbonyl (C=O) groups excluding carboxylic acids is 1. The van der Waals surface area contributed by atoms with Crippen LogP contribution in [0.3, 0.4) is 0 Å². The number of hydrogen-bond donors (Lipinski definition) is 1. The van der Waals surface area contributed by atoms with Crippen LogP contribution in [0.5, 0.6) is 0 Å². The van der Waals surface area contributed by atoms with E-state index in [0.29, 0.717) is 13.1 Å². The summed E-state index contributed by atoms with van der Waals surface area (Å²) in [6, 6.07) is 23.2. The molecule has 4 heteroatoms. The van der Waals surface area contributed by atoms with Gasteiger partial charge in [0.05, 0.1) is 6.54 Å². The van der Waals surface area contributed by atoms with Gasteiger partial charge in [-0.1, -0.05) is 54.6 Å².